The third-order valence-corrected chi connectivity index (χ3v) is 4.85. The van der Waals surface area contributed by atoms with Crippen molar-refractivity contribution in [2.45, 2.75) is 0 Å². The molecule has 2 aliphatic heterocycles. The first-order chi connectivity index (χ1) is 13.1. The summed E-state index contributed by atoms with van der Waals surface area (Å²) in [6.45, 7) is 0. The number of hydroxylamine groups is 3. The van der Waals surface area contributed by atoms with E-state index >= 15 is 0 Å². The van der Waals surface area contributed by atoms with Crippen LogP contribution in [-0.4, -0.2) is 24.4 Å². The highest BCUT2D eigenvalue weighted by atomic mass is 16.8. The minimum Gasteiger partial charge on any atom is -0.285 e. The highest BCUT2D eigenvalue weighted by Crippen LogP contribution is 2.32. The number of hydrogen-bond acceptors (Lipinski definition) is 6. The summed E-state index contributed by atoms with van der Waals surface area (Å²) in [5, 5.41) is 1.60. The molecule has 1 N–H and O–H groups in total. The van der Waals surface area contributed by atoms with Crippen molar-refractivity contribution in [2.24, 2.45) is 14.1 Å². The van der Waals surface area contributed by atoms with E-state index in [0.29, 0.717) is 5.56 Å². The van der Waals surface area contributed by atoms with Crippen LogP contribution in [0, 0.1) is 0 Å². The van der Waals surface area contributed by atoms with Crippen LogP contribution in [0.5, 0.6) is 0 Å². The number of rotatable bonds is 2. The average Bonchev–Trinajstić information content (AvgIpc) is 3.25. The second-order valence-corrected chi connectivity index (χ2v) is 6.36. The highest BCUT2D eigenvalue weighted by Gasteiger charge is 2.24. The Bertz CT molecular complexity index is 1230. The van der Waals surface area contributed by atoms with Crippen molar-refractivity contribution < 1.29 is 4.94 Å². The molecule has 8 nitrogen and oxygen atoms in total. The number of nitrogens with one attached hydrogen (secondary N) is 1. The summed E-state index contributed by atoms with van der Waals surface area (Å²) in [5.41, 5.74) is 8.24. The van der Waals surface area contributed by atoms with Crippen molar-refractivity contribution in [3.05, 3.63) is 76.8 Å². The summed E-state index contributed by atoms with van der Waals surface area (Å²) in [7, 11) is 3.63. The topological polar surface area (TPSA) is 77.2 Å². The molecule has 3 aromatic rings. The van der Waals surface area contributed by atoms with Crippen LogP contribution in [0.2, 0.25) is 0 Å². The Hall–Kier alpha value is -3.65. The molecule has 0 bridgehead atoms. The molecule has 1 aromatic carbocycles. The highest BCUT2D eigenvalue weighted by molar-refractivity contribution is 5.88. The molecule has 0 atom stereocenters. The van der Waals surface area contributed by atoms with E-state index in [1.807, 2.05) is 42.1 Å². The van der Waals surface area contributed by atoms with Gasteiger partial charge in [-0.05, 0) is 29.9 Å². The molecule has 5 rings (SSSR count). The van der Waals surface area contributed by atoms with Crippen LogP contribution in [0.4, 0.5) is 0 Å². The summed E-state index contributed by atoms with van der Waals surface area (Å²) in [6.07, 6.45) is 10.6. The van der Waals surface area contributed by atoms with E-state index in [1.165, 1.54) is 0 Å². The van der Waals surface area contributed by atoms with Crippen LogP contribution >= 0.6 is 0 Å². The SMILES string of the molecule is Cn1c(-c2ccc3nccnc3c2)c(C2=CC3=CNON3C=C2)c(=O)n1C. The van der Waals surface area contributed by atoms with Gasteiger partial charge >= 0.3 is 0 Å². The Kier molecular flexibility index (Phi) is 3.28. The Balaban J connectivity index is 1.74. The summed E-state index contributed by atoms with van der Waals surface area (Å²) < 4.78 is 3.46. The fourth-order valence-electron chi connectivity index (χ4n) is 3.41. The zero-order valence-corrected chi connectivity index (χ0v) is 14.7. The van der Waals surface area contributed by atoms with Crippen molar-refractivity contribution in [2.75, 3.05) is 0 Å². The van der Waals surface area contributed by atoms with E-state index in [0.717, 1.165) is 33.6 Å². The zero-order valence-electron chi connectivity index (χ0n) is 14.7. The molecule has 4 heterocycles. The smallest absolute Gasteiger partial charge is 0.274 e. The monoisotopic (exact) mass is 360 g/mol. The van der Waals surface area contributed by atoms with Crippen molar-refractivity contribution in [3.8, 4) is 11.3 Å². The molecule has 2 aliphatic rings. The van der Waals surface area contributed by atoms with Crippen molar-refractivity contribution >= 4 is 16.6 Å². The van der Waals surface area contributed by atoms with Gasteiger partial charge in [0.15, 0.2) is 0 Å². The first kappa shape index (κ1) is 15.6. The Morgan fingerprint density at radius 2 is 1.89 bits per heavy atom. The van der Waals surface area contributed by atoms with E-state index < -0.39 is 0 Å². The maximum atomic E-state index is 13.0. The molecule has 0 unspecified atom stereocenters. The van der Waals surface area contributed by atoms with Crippen LogP contribution in [0.25, 0.3) is 27.9 Å². The van der Waals surface area contributed by atoms with Crippen molar-refractivity contribution in [1.82, 2.24) is 29.9 Å². The predicted octanol–water partition coefficient (Wildman–Crippen LogP) is 1.84. The predicted molar refractivity (Wildman–Crippen MR) is 100 cm³/mol. The van der Waals surface area contributed by atoms with Gasteiger partial charge < -0.3 is 0 Å². The van der Waals surface area contributed by atoms with Gasteiger partial charge in [0, 0.05) is 38.3 Å². The number of benzene rings is 1. The van der Waals surface area contributed by atoms with Crippen LogP contribution in [0.3, 0.4) is 0 Å². The van der Waals surface area contributed by atoms with Crippen LogP contribution in [-0.2, 0) is 19.0 Å². The molecule has 27 heavy (non-hydrogen) atoms. The number of nitrogens with zero attached hydrogens (tertiary/aromatic N) is 5. The molecule has 0 spiro atoms. The second kappa shape index (κ2) is 5.68. The lowest BCUT2D eigenvalue weighted by molar-refractivity contribution is -0.112. The van der Waals surface area contributed by atoms with Gasteiger partial charge in [0.1, 0.15) is 0 Å². The first-order valence-corrected chi connectivity index (χ1v) is 8.43. The minimum atomic E-state index is -0.0661. The van der Waals surface area contributed by atoms with E-state index in [-0.39, 0.29) is 5.56 Å². The first-order valence-electron chi connectivity index (χ1n) is 8.43. The van der Waals surface area contributed by atoms with E-state index in [9.17, 15) is 4.79 Å². The van der Waals surface area contributed by atoms with Crippen LogP contribution in [0.1, 0.15) is 5.56 Å². The maximum Gasteiger partial charge on any atom is 0.274 e. The third kappa shape index (κ3) is 2.31. The summed E-state index contributed by atoms with van der Waals surface area (Å²) >= 11 is 0. The van der Waals surface area contributed by atoms with Gasteiger partial charge in [-0.15, -0.1) is 0 Å². The normalized spacial score (nSPS) is 15.6. The Morgan fingerprint density at radius 3 is 2.74 bits per heavy atom. The molecule has 0 amide bonds. The average molecular weight is 360 g/mol. The summed E-state index contributed by atoms with van der Waals surface area (Å²) in [4.78, 5) is 26.9. The lowest BCUT2D eigenvalue weighted by Crippen LogP contribution is -2.19. The minimum absolute atomic E-state index is 0.0661. The van der Waals surface area contributed by atoms with Gasteiger partial charge in [-0.2, -0.15) is 4.94 Å². The Morgan fingerprint density at radius 1 is 1.07 bits per heavy atom. The van der Waals surface area contributed by atoms with Crippen molar-refractivity contribution in [3.63, 3.8) is 0 Å². The van der Waals surface area contributed by atoms with Gasteiger partial charge in [0.2, 0.25) is 0 Å². The fourth-order valence-corrected chi connectivity index (χ4v) is 3.41. The number of allylic oxidation sites excluding steroid dienone is 3. The molecule has 0 saturated heterocycles. The van der Waals surface area contributed by atoms with E-state index in [2.05, 4.69) is 15.4 Å². The zero-order chi connectivity index (χ0) is 18.5. The molecule has 0 aliphatic carbocycles. The number of aromatic nitrogens is 4. The quantitative estimate of drug-likeness (QED) is 0.751. The standard InChI is InChI=1S/C19H16N6O2/c1-23-18(13-3-4-15-16(10-13)21-7-6-20-15)17(19(26)24(23)2)12-5-8-25-14(9-12)11-22-27-25/h3-11,22H,1-2H3. The molecule has 2 aromatic heterocycles. The largest absolute Gasteiger partial charge is 0.285 e. The van der Waals surface area contributed by atoms with E-state index in [1.54, 1.807) is 41.6 Å². The molecule has 134 valence electrons. The molecule has 0 radical (unpaired) electrons. The van der Waals surface area contributed by atoms with Crippen LogP contribution < -0.4 is 11.0 Å². The van der Waals surface area contributed by atoms with Gasteiger partial charge in [-0.25, -0.2) is 10.5 Å². The van der Waals surface area contributed by atoms with E-state index in [4.69, 9.17) is 4.94 Å². The molecular weight excluding hydrogens is 344 g/mol. The number of hydrogen-bond donors (Lipinski definition) is 1. The lowest BCUT2D eigenvalue weighted by Gasteiger charge is -2.17. The van der Waals surface area contributed by atoms with Gasteiger partial charge in [0.05, 0.1) is 34.2 Å². The molecule has 0 saturated carbocycles. The molecular formula is C19H16N6O2. The number of fused-ring (bicyclic) bond motifs is 2. The third-order valence-electron chi connectivity index (χ3n) is 4.85. The van der Waals surface area contributed by atoms with Crippen molar-refractivity contribution in [1.29, 1.82) is 0 Å². The van der Waals surface area contributed by atoms with Gasteiger partial charge in [-0.1, -0.05) is 6.07 Å². The fraction of sp³-hybridized carbons (Fsp3) is 0.105. The molecule has 0 fully saturated rings. The van der Waals surface area contributed by atoms with Crippen LogP contribution in [0.15, 0.2) is 65.6 Å². The van der Waals surface area contributed by atoms with Gasteiger partial charge in [0.25, 0.3) is 5.56 Å². The second-order valence-electron chi connectivity index (χ2n) is 6.36. The lowest BCUT2D eigenvalue weighted by atomic mass is 9.99. The molecule has 8 heteroatoms. The summed E-state index contributed by atoms with van der Waals surface area (Å²) in [6, 6.07) is 5.84. The maximum absolute atomic E-state index is 13.0. The van der Waals surface area contributed by atoms with Gasteiger partial charge in [-0.3, -0.25) is 24.1 Å². The summed E-state index contributed by atoms with van der Waals surface area (Å²) in [5.74, 6) is 0. The Labute approximate surface area is 154 Å².